The van der Waals surface area contributed by atoms with Gasteiger partial charge in [-0.3, -0.25) is 9.97 Å². The van der Waals surface area contributed by atoms with Crippen molar-refractivity contribution in [1.29, 1.82) is 0 Å². The SMILES string of the molecule is C=CCc1cnc(-c2ccc(/C=C/CCCC(C)F)cc2)cn1. The van der Waals surface area contributed by atoms with Gasteiger partial charge < -0.3 is 0 Å². The van der Waals surface area contributed by atoms with Crippen LogP contribution in [0.3, 0.4) is 0 Å². The summed E-state index contributed by atoms with van der Waals surface area (Å²) in [5.74, 6) is 0. The normalized spacial score (nSPS) is 12.4. The number of nitrogens with zero attached hydrogens (tertiary/aromatic N) is 2. The predicted molar refractivity (Wildman–Crippen MR) is 94.8 cm³/mol. The lowest BCUT2D eigenvalue weighted by molar-refractivity contribution is 0.335. The second kappa shape index (κ2) is 8.99. The Hall–Kier alpha value is -2.29. The molecule has 0 fully saturated rings. The molecule has 0 saturated heterocycles. The van der Waals surface area contributed by atoms with Gasteiger partial charge in [0, 0.05) is 18.2 Å². The Balaban J connectivity index is 1.93. The summed E-state index contributed by atoms with van der Waals surface area (Å²) in [4.78, 5) is 8.81. The van der Waals surface area contributed by atoms with E-state index in [1.807, 2.05) is 18.2 Å². The first kappa shape index (κ1) is 17.1. The van der Waals surface area contributed by atoms with Crippen molar-refractivity contribution in [3.8, 4) is 11.3 Å². The van der Waals surface area contributed by atoms with E-state index in [1.165, 1.54) is 0 Å². The highest BCUT2D eigenvalue weighted by atomic mass is 19.1. The highest BCUT2D eigenvalue weighted by Gasteiger charge is 2.00. The summed E-state index contributed by atoms with van der Waals surface area (Å²) in [6.45, 7) is 5.30. The molecule has 0 aliphatic carbocycles. The quantitative estimate of drug-likeness (QED) is 0.481. The predicted octanol–water partition coefficient (Wildman–Crippen LogP) is 5.41. The van der Waals surface area contributed by atoms with E-state index < -0.39 is 6.17 Å². The number of halogens is 1. The van der Waals surface area contributed by atoms with Crippen molar-refractivity contribution >= 4 is 6.08 Å². The maximum atomic E-state index is 12.7. The van der Waals surface area contributed by atoms with Gasteiger partial charge >= 0.3 is 0 Å². The van der Waals surface area contributed by atoms with Crippen molar-refractivity contribution in [3.63, 3.8) is 0 Å². The monoisotopic (exact) mass is 310 g/mol. The van der Waals surface area contributed by atoms with Gasteiger partial charge in [-0.1, -0.05) is 42.5 Å². The van der Waals surface area contributed by atoms with E-state index in [2.05, 4.69) is 40.8 Å². The third-order valence-electron chi connectivity index (χ3n) is 3.55. The highest BCUT2D eigenvalue weighted by molar-refractivity contribution is 5.61. The van der Waals surface area contributed by atoms with Crippen LogP contribution in [0.4, 0.5) is 4.39 Å². The molecule has 0 radical (unpaired) electrons. The molecule has 0 bridgehead atoms. The van der Waals surface area contributed by atoms with Crippen molar-refractivity contribution in [2.45, 2.75) is 38.8 Å². The number of hydrogen-bond acceptors (Lipinski definition) is 2. The van der Waals surface area contributed by atoms with Gasteiger partial charge in [0.1, 0.15) is 0 Å². The second-order valence-electron chi connectivity index (χ2n) is 5.62. The first-order chi connectivity index (χ1) is 11.2. The molecule has 2 rings (SSSR count). The van der Waals surface area contributed by atoms with E-state index in [-0.39, 0.29) is 0 Å². The average Bonchev–Trinajstić information content (AvgIpc) is 2.56. The first-order valence-electron chi connectivity index (χ1n) is 8.02. The number of alkyl halides is 1. The van der Waals surface area contributed by atoms with Crippen molar-refractivity contribution in [3.05, 3.63) is 66.6 Å². The van der Waals surface area contributed by atoms with Crippen molar-refractivity contribution in [2.24, 2.45) is 0 Å². The number of benzene rings is 1. The maximum absolute atomic E-state index is 12.7. The molecule has 23 heavy (non-hydrogen) atoms. The van der Waals surface area contributed by atoms with Gasteiger partial charge in [0.15, 0.2) is 0 Å². The summed E-state index contributed by atoms with van der Waals surface area (Å²) in [5, 5.41) is 0. The van der Waals surface area contributed by atoms with E-state index in [1.54, 1.807) is 19.3 Å². The molecule has 1 atom stereocenters. The van der Waals surface area contributed by atoms with Crippen LogP contribution in [0.15, 0.2) is 55.4 Å². The van der Waals surface area contributed by atoms with E-state index in [0.717, 1.165) is 41.8 Å². The lowest BCUT2D eigenvalue weighted by Gasteiger charge is -2.02. The zero-order valence-corrected chi connectivity index (χ0v) is 13.6. The van der Waals surface area contributed by atoms with Crippen LogP contribution in [0, 0.1) is 0 Å². The summed E-state index contributed by atoms with van der Waals surface area (Å²) in [6.07, 6.45) is 12.0. The summed E-state index contributed by atoms with van der Waals surface area (Å²) >= 11 is 0. The van der Waals surface area contributed by atoms with Gasteiger partial charge in [0.25, 0.3) is 0 Å². The Kier molecular flexibility index (Phi) is 6.67. The molecule has 0 aliphatic heterocycles. The summed E-state index contributed by atoms with van der Waals surface area (Å²) in [6, 6.07) is 8.20. The van der Waals surface area contributed by atoms with Crippen molar-refractivity contribution in [1.82, 2.24) is 9.97 Å². The van der Waals surface area contributed by atoms with Gasteiger partial charge in [-0.2, -0.15) is 0 Å². The first-order valence-corrected chi connectivity index (χ1v) is 8.02. The molecule has 1 aromatic heterocycles. The molecule has 120 valence electrons. The molecule has 0 aliphatic rings. The summed E-state index contributed by atoms with van der Waals surface area (Å²) in [7, 11) is 0. The summed E-state index contributed by atoms with van der Waals surface area (Å²) < 4.78 is 12.7. The molecular weight excluding hydrogens is 287 g/mol. The molecule has 0 saturated carbocycles. The van der Waals surface area contributed by atoms with Crippen LogP contribution in [0.2, 0.25) is 0 Å². The van der Waals surface area contributed by atoms with Crippen molar-refractivity contribution in [2.75, 3.05) is 0 Å². The van der Waals surface area contributed by atoms with Crippen molar-refractivity contribution < 1.29 is 4.39 Å². The molecule has 1 unspecified atom stereocenters. The van der Waals surface area contributed by atoms with E-state index >= 15 is 0 Å². The fourth-order valence-electron chi connectivity index (χ4n) is 2.26. The largest absolute Gasteiger partial charge is 0.257 e. The van der Waals surface area contributed by atoms with Gasteiger partial charge in [0.05, 0.1) is 23.8 Å². The number of aromatic nitrogens is 2. The minimum atomic E-state index is -0.707. The zero-order valence-electron chi connectivity index (χ0n) is 13.6. The third-order valence-corrected chi connectivity index (χ3v) is 3.55. The molecule has 3 heteroatoms. The number of hydrogen-bond donors (Lipinski definition) is 0. The van der Waals surface area contributed by atoms with Gasteiger partial charge in [-0.25, -0.2) is 4.39 Å². The number of allylic oxidation sites excluding steroid dienone is 2. The van der Waals surface area contributed by atoms with E-state index in [9.17, 15) is 4.39 Å². The third kappa shape index (κ3) is 5.78. The van der Waals surface area contributed by atoms with E-state index in [4.69, 9.17) is 0 Å². The maximum Gasteiger partial charge on any atom is 0.0973 e. The zero-order chi connectivity index (χ0) is 16.5. The molecular formula is C20H23FN2. The molecule has 1 aromatic carbocycles. The molecule has 0 N–H and O–H groups in total. The Morgan fingerprint density at radius 2 is 1.96 bits per heavy atom. The van der Waals surface area contributed by atoms with E-state index in [0.29, 0.717) is 6.42 Å². The fraction of sp³-hybridized carbons (Fsp3) is 0.300. The standard InChI is InChI=1S/C20H23FN2/c1-3-7-19-14-23-20(15-22-19)18-12-10-17(11-13-18)9-6-4-5-8-16(2)21/h3,6,9-16H,1,4-5,7-8H2,2H3/b9-6+. The minimum Gasteiger partial charge on any atom is -0.257 e. The van der Waals surface area contributed by atoms with Crippen LogP contribution in [0.25, 0.3) is 17.3 Å². The van der Waals surface area contributed by atoms with Crippen LogP contribution in [0.5, 0.6) is 0 Å². The topological polar surface area (TPSA) is 25.8 Å². The number of unbranched alkanes of at least 4 members (excludes halogenated alkanes) is 1. The lowest BCUT2D eigenvalue weighted by atomic mass is 10.1. The van der Waals surface area contributed by atoms with Crippen LogP contribution >= 0.6 is 0 Å². The average molecular weight is 310 g/mol. The van der Waals surface area contributed by atoms with Crippen LogP contribution in [-0.2, 0) is 6.42 Å². The number of rotatable bonds is 8. The molecule has 0 spiro atoms. The smallest absolute Gasteiger partial charge is 0.0973 e. The lowest BCUT2D eigenvalue weighted by Crippen LogP contribution is -1.91. The highest BCUT2D eigenvalue weighted by Crippen LogP contribution is 2.17. The van der Waals surface area contributed by atoms with Gasteiger partial charge in [-0.05, 0) is 31.7 Å². The molecule has 2 nitrogen and oxygen atoms in total. The Morgan fingerprint density at radius 1 is 1.17 bits per heavy atom. The fourth-order valence-corrected chi connectivity index (χ4v) is 2.26. The molecule has 0 amide bonds. The Morgan fingerprint density at radius 3 is 2.57 bits per heavy atom. The van der Waals surface area contributed by atoms with Crippen LogP contribution in [-0.4, -0.2) is 16.1 Å². The Bertz CT molecular complexity index is 628. The van der Waals surface area contributed by atoms with Gasteiger partial charge in [-0.15, -0.1) is 6.58 Å². The molecule has 1 heterocycles. The van der Waals surface area contributed by atoms with Gasteiger partial charge in [0.2, 0.25) is 0 Å². The summed E-state index contributed by atoms with van der Waals surface area (Å²) in [5.41, 5.74) is 3.97. The van der Waals surface area contributed by atoms with Crippen LogP contribution < -0.4 is 0 Å². The second-order valence-corrected chi connectivity index (χ2v) is 5.62. The van der Waals surface area contributed by atoms with Crippen LogP contribution in [0.1, 0.15) is 37.4 Å². The molecule has 2 aromatic rings. The Labute approximate surface area is 137 Å². The minimum absolute atomic E-state index is 0.629.